The molecule has 34 heavy (non-hydrogen) atoms. The summed E-state index contributed by atoms with van der Waals surface area (Å²) >= 11 is 0. The maximum absolute atomic E-state index is 13.4. The minimum absolute atomic E-state index is 0.122. The number of imide groups is 1. The van der Waals surface area contributed by atoms with Crippen molar-refractivity contribution in [3.63, 3.8) is 0 Å². The molecule has 2 aromatic carbocycles. The molecular weight excluding hydrogens is 441 g/mol. The Morgan fingerprint density at radius 3 is 2.29 bits per heavy atom. The number of benzene rings is 2. The van der Waals surface area contributed by atoms with Crippen LogP contribution in [-0.4, -0.2) is 47.4 Å². The monoisotopic (exact) mass is 467 g/mol. The highest BCUT2D eigenvalue weighted by Gasteiger charge is 2.49. The molecule has 8 nitrogen and oxygen atoms in total. The van der Waals surface area contributed by atoms with E-state index in [2.05, 4.69) is 5.32 Å². The second kappa shape index (κ2) is 10.0. The van der Waals surface area contributed by atoms with Gasteiger partial charge in [-0.25, -0.2) is 18.9 Å². The fourth-order valence-electron chi connectivity index (χ4n) is 4.51. The zero-order chi connectivity index (χ0) is 24.2. The number of esters is 1. The maximum Gasteiger partial charge on any atom is 0.338 e. The van der Waals surface area contributed by atoms with Gasteiger partial charge in [0.2, 0.25) is 5.91 Å². The van der Waals surface area contributed by atoms with Crippen molar-refractivity contribution in [2.45, 2.75) is 51.1 Å². The summed E-state index contributed by atoms with van der Waals surface area (Å²) in [5.74, 6) is -1.86. The predicted molar refractivity (Wildman–Crippen MR) is 123 cm³/mol. The number of nitrogens with zero attached hydrogens (tertiary/aromatic N) is 2. The van der Waals surface area contributed by atoms with Crippen molar-refractivity contribution in [2.24, 2.45) is 0 Å². The van der Waals surface area contributed by atoms with Crippen molar-refractivity contribution in [1.29, 1.82) is 0 Å². The predicted octanol–water partition coefficient (Wildman–Crippen LogP) is 4.11. The van der Waals surface area contributed by atoms with Gasteiger partial charge in [-0.15, -0.1) is 0 Å². The summed E-state index contributed by atoms with van der Waals surface area (Å²) in [6, 6.07) is 9.82. The fourth-order valence-corrected chi connectivity index (χ4v) is 4.51. The Hall–Kier alpha value is -3.75. The minimum Gasteiger partial charge on any atom is -0.462 e. The zero-order valence-corrected chi connectivity index (χ0v) is 18.8. The van der Waals surface area contributed by atoms with Crippen LogP contribution in [0.3, 0.4) is 0 Å². The van der Waals surface area contributed by atoms with Gasteiger partial charge >= 0.3 is 12.0 Å². The number of nitrogens with one attached hydrogen (secondary N) is 1. The Morgan fingerprint density at radius 1 is 1.03 bits per heavy atom. The van der Waals surface area contributed by atoms with Crippen molar-refractivity contribution in [1.82, 2.24) is 4.90 Å². The molecule has 4 amide bonds. The fraction of sp³-hybridized carbons (Fsp3) is 0.360. The molecule has 0 unspecified atom stereocenters. The second-order valence-corrected chi connectivity index (χ2v) is 8.34. The van der Waals surface area contributed by atoms with Crippen LogP contribution >= 0.6 is 0 Å². The molecule has 0 spiro atoms. The Labute approximate surface area is 196 Å². The molecule has 1 aliphatic heterocycles. The molecule has 0 aromatic heterocycles. The Morgan fingerprint density at radius 2 is 1.68 bits per heavy atom. The molecule has 2 fully saturated rings. The van der Waals surface area contributed by atoms with E-state index in [0.29, 0.717) is 11.3 Å². The number of hydrogen-bond donors (Lipinski definition) is 1. The average molecular weight is 467 g/mol. The lowest BCUT2D eigenvalue weighted by Gasteiger charge is -2.27. The lowest BCUT2D eigenvalue weighted by Crippen LogP contribution is -2.43. The van der Waals surface area contributed by atoms with Crippen molar-refractivity contribution in [3.8, 4) is 0 Å². The number of urea groups is 1. The highest BCUT2D eigenvalue weighted by molar-refractivity contribution is 6.22. The van der Waals surface area contributed by atoms with Crippen LogP contribution in [0.2, 0.25) is 0 Å². The summed E-state index contributed by atoms with van der Waals surface area (Å²) in [7, 11) is 0. The second-order valence-electron chi connectivity index (χ2n) is 8.34. The van der Waals surface area contributed by atoms with Crippen LogP contribution in [0.1, 0.15) is 49.4 Å². The number of amides is 4. The Balaban J connectivity index is 1.50. The lowest BCUT2D eigenvalue weighted by atomic mass is 10.1. The van der Waals surface area contributed by atoms with Gasteiger partial charge in [0, 0.05) is 11.7 Å². The van der Waals surface area contributed by atoms with Gasteiger partial charge in [0.25, 0.3) is 5.91 Å². The van der Waals surface area contributed by atoms with Crippen LogP contribution in [0.5, 0.6) is 0 Å². The number of anilines is 2. The summed E-state index contributed by atoms with van der Waals surface area (Å²) in [5.41, 5.74) is 1.09. The van der Waals surface area contributed by atoms with Gasteiger partial charge in [0.1, 0.15) is 11.9 Å². The number of carbonyl (C=O) groups is 4. The molecule has 2 aromatic rings. The summed E-state index contributed by atoms with van der Waals surface area (Å²) < 4.78 is 18.3. The molecule has 1 saturated carbocycles. The molecule has 178 valence electrons. The highest BCUT2D eigenvalue weighted by Crippen LogP contribution is 2.34. The summed E-state index contributed by atoms with van der Waals surface area (Å²) in [4.78, 5) is 53.7. The molecule has 1 N–H and O–H groups in total. The quantitative estimate of drug-likeness (QED) is 0.488. The van der Waals surface area contributed by atoms with Crippen LogP contribution < -0.4 is 10.2 Å². The number of carbonyl (C=O) groups excluding carboxylic acids is 4. The standard InChI is InChI=1S/C25H26FN3O5/c1-2-34-24(32)16-7-11-18(12-8-16)27-22(30)15-21-23(31)29(20-13-9-17(26)10-14-20)25(33)28(21)19-5-3-4-6-19/h7-14,19,21H,2-6,15H2,1H3,(H,27,30)/t21-/m1/s1. The first-order chi connectivity index (χ1) is 16.4. The third-order valence-electron chi connectivity index (χ3n) is 6.11. The first-order valence-corrected chi connectivity index (χ1v) is 11.4. The van der Waals surface area contributed by atoms with E-state index in [1.54, 1.807) is 31.2 Å². The number of hydrogen-bond acceptors (Lipinski definition) is 5. The average Bonchev–Trinajstić information content (AvgIpc) is 3.42. The summed E-state index contributed by atoms with van der Waals surface area (Å²) in [5, 5.41) is 2.73. The van der Waals surface area contributed by atoms with Gasteiger partial charge in [-0.05, 0) is 68.3 Å². The van der Waals surface area contributed by atoms with E-state index in [4.69, 9.17) is 4.74 Å². The molecule has 9 heteroatoms. The van der Waals surface area contributed by atoms with Crippen molar-refractivity contribution in [3.05, 3.63) is 59.9 Å². The van der Waals surface area contributed by atoms with Crippen LogP contribution in [0, 0.1) is 5.82 Å². The highest BCUT2D eigenvalue weighted by atomic mass is 19.1. The van der Waals surface area contributed by atoms with Gasteiger partial charge < -0.3 is 15.0 Å². The summed E-state index contributed by atoms with van der Waals surface area (Å²) in [6.07, 6.45) is 3.22. The molecule has 1 atom stereocenters. The molecule has 1 heterocycles. The van der Waals surface area contributed by atoms with Gasteiger partial charge in [0.05, 0.1) is 24.3 Å². The van der Waals surface area contributed by atoms with E-state index in [-0.39, 0.29) is 24.8 Å². The third kappa shape index (κ3) is 4.78. The lowest BCUT2D eigenvalue weighted by molar-refractivity contribution is -0.124. The van der Waals surface area contributed by atoms with Gasteiger partial charge in [-0.1, -0.05) is 12.8 Å². The molecule has 2 aliphatic rings. The number of rotatable bonds is 7. The first kappa shape index (κ1) is 23.4. The van der Waals surface area contributed by atoms with Crippen molar-refractivity contribution in [2.75, 3.05) is 16.8 Å². The normalized spacial score (nSPS) is 18.5. The Kier molecular flexibility index (Phi) is 6.90. The minimum atomic E-state index is -0.945. The molecule has 0 bridgehead atoms. The maximum atomic E-state index is 13.4. The van der Waals surface area contributed by atoms with E-state index in [1.807, 2.05) is 0 Å². The van der Waals surface area contributed by atoms with Crippen LogP contribution in [0.4, 0.5) is 20.6 Å². The summed E-state index contributed by atoms with van der Waals surface area (Å²) in [6.45, 7) is 1.98. The van der Waals surface area contributed by atoms with E-state index in [1.165, 1.54) is 29.2 Å². The van der Waals surface area contributed by atoms with E-state index in [0.717, 1.165) is 30.6 Å². The van der Waals surface area contributed by atoms with Crippen LogP contribution in [0.15, 0.2) is 48.5 Å². The van der Waals surface area contributed by atoms with Gasteiger partial charge in [-0.3, -0.25) is 9.59 Å². The van der Waals surface area contributed by atoms with Crippen LogP contribution in [0.25, 0.3) is 0 Å². The topological polar surface area (TPSA) is 96.0 Å². The Bertz CT molecular complexity index is 1080. The first-order valence-electron chi connectivity index (χ1n) is 11.4. The van der Waals surface area contributed by atoms with E-state index >= 15 is 0 Å². The van der Waals surface area contributed by atoms with Crippen molar-refractivity contribution >= 4 is 35.2 Å². The third-order valence-corrected chi connectivity index (χ3v) is 6.11. The molecule has 1 aliphatic carbocycles. The molecule has 1 saturated heterocycles. The molecular formula is C25H26FN3O5. The number of ether oxygens (including phenoxy) is 1. The zero-order valence-electron chi connectivity index (χ0n) is 18.8. The smallest absolute Gasteiger partial charge is 0.338 e. The van der Waals surface area contributed by atoms with E-state index in [9.17, 15) is 23.6 Å². The van der Waals surface area contributed by atoms with Gasteiger partial charge in [0.15, 0.2) is 0 Å². The van der Waals surface area contributed by atoms with Crippen molar-refractivity contribution < 1.29 is 28.3 Å². The van der Waals surface area contributed by atoms with Crippen LogP contribution in [-0.2, 0) is 14.3 Å². The van der Waals surface area contributed by atoms with Gasteiger partial charge in [-0.2, -0.15) is 0 Å². The molecule has 4 rings (SSSR count). The number of halogens is 1. The van der Waals surface area contributed by atoms with E-state index < -0.39 is 35.7 Å². The molecule has 0 radical (unpaired) electrons. The largest absolute Gasteiger partial charge is 0.462 e. The SMILES string of the molecule is CCOC(=O)c1ccc(NC(=O)C[C@@H]2C(=O)N(c3ccc(F)cc3)C(=O)N2C2CCCC2)cc1.